The van der Waals surface area contributed by atoms with Gasteiger partial charge >= 0.3 is 0 Å². The highest BCUT2D eigenvalue weighted by Gasteiger charge is 2.09. The highest BCUT2D eigenvalue weighted by Crippen LogP contribution is 2.11. The molecule has 66 valence electrons. The first-order chi connectivity index (χ1) is 5.77. The molecule has 1 heterocycles. The van der Waals surface area contributed by atoms with Gasteiger partial charge < -0.3 is 10.2 Å². The molecule has 0 unspecified atom stereocenters. The molecule has 0 saturated carbocycles. The van der Waals surface area contributed by atoms with E-state index in [1.54, 1.807) is 0 Å². The fourth-order valence-electron chi connectivity index (χ4n) is 1.04. The van der Waals surface area contributed by atoms with Gasteiger partial charge in [-0.05, 0) is 19.1 Å². The summed E-state index contributed by atoms with van der Waals surface area (Å²) >= 11 is 0. The van der Waals surface area contributed by atoms with Gasteiger partial charge in [-0.3, -0.25) is 4.98 Å². The van der Waals surface area contributed by atoms with Crippen molar-refractivity contribution in [2.45, 2.75) is 12.8 Å². The van der Waals surface area contributed by atoms with Gasteiger partial charge in [0.2, 0.25) is 0 Å². The van der Waals surface area contributed by atoms with Crippen LogP contribution in [0.5, 0.6) is 0 Å². The first-order valence-corrected chi connectivity index (χ1v) is 3.93. The Kier molecular flexibility index (Phi) is 3.19. The van der Waals surface area contributed by atoms with E-state index in [1.165, 1.54) is 0 Å². The van der Waals surface area contributed by atoms with Crippen LogP contribution in [0.25, 0.3) is 0 Å². The predicted octanol–water partition coefficient (Wildman–Crippen LogP) is 0.458. The molecular formula is C9H13NO2. The van der Waals surface area contributed by atoms with Crippen LogP contribution in [0, 0.1) is 6.92 Å². The van der Waals surface area contributed by atoms with Crippen molar-refractivity contribution in [3.63, 3.8) is 0 Å². The third kappa shape index (κ3) is 2.03. The lowest BCUT2D eigenvalue weighted by Crippen LogP contribution is -2.10. The normalized spacial score (nSPS) is 10.7. The summed E-state index contributed by atoms with van der Waals surface area (Å²) in [6, 6.07) is 5.56. The maximum absolute atomic E-state index is 8.87. The minimum absolute atomic E-state index is 0.0625. The minimum Gasteiger partial charge on any atom is -0.396 e. The van der Waals surface area contributed by atoms with Crippen LogP contribution in [0.4, 0.5) is 0 Å². The number of rotatable bonds is 3. The Bertz CT molecular complexity index is 246. The number of aliphatic hydroxyl groups is 2. The first kappa shape index (κ1) is 9.16. The summed E-state index contributed by atoms with van der Waals surface area (Å²) < 4.78 is 0. The van der Waals surface area contributed by atoms with Crippen LogP contribution in [0.1, 0.15) is 17.3 Å². The average Bonchev–Trinajstić information content (AvgIpc) is 2.07. The second-order valence-electron chi connectivity index (χ2n) is 2.77. The van der Waals surface area contributed by atoms with E-state index >= 15 is 0 Å². The van der Waals surface area contributed by atoms with Crippen molar-refractivity contribution in [2.24, 2.45) is 0 Å². The van der Waals surface area contributed by atoms with Crippen LogP contribution in [-0.4, -0.2) is 28.4 Å². The van der Waals surface area contributed by atoms with Gasteiger partial charge in [0.1, 0.15) is 0 Å². The SMILES string of the molecule is Cc1cccc(C(CO)CO)n1. The summed E-state index contributed by atoms with van der Waals surface area (Å²) in [6.07, 6.45) is 0. The molecule has 0 amide bonds. The molecule has 1 aromatic heterocycles. The largest absolute Gasteiger partial charge is 0.396 e. The summed E-state index contributed by atoms with van der Waals surface area (Å²) in [5, 5.41) is 17.7. The zero-order valence-electron chi connectivity index (χ0n) is 7.07. The third-order valence-electron chi connectivity index (χ3n) is 1.77. The highest BCUT2D eigenvalue weighted by atomic mass is 16.3. The number of hydrogen-bond donors (Lipinski definition) is 2. The molecule has 3 heteroatoms. The molecule has 0 fully saturated rings. The Morgan fingerprint density at radius 1 is 1.33 bits per heavy atom. The molecular weight excluding hydrogens is 154 g/mol. The fourth-order valence-corrected chi connectivity index (χ4v) is 1.04. The van der Waals surface area contributed by atoms with Gasteiger partial charge in [-0.15, -0.1) is 0 Å². The number of aryl methyl sites for hydroxylation is 1. The number of nitrogens with zero attached hydrogens (tertiary/aromatic N) is 1. The van der Waals surface area contributed by atoms with Gasteiger partial charge in [-0.25, -0.2) is 0 Å². The van der Waals surface area contributed by atoms with E-state index in [2.05, 4.69) is 4.98 Å². The van der Waals surface area contributed by atoms with E-state index < -0.39 is 0 Å². The second-order valence-corrected chi connectivity index (χ2v) is 2.77. The number of aromatic nitrogens is 1. The summed E-state index contributed by atoms with van der Waals surface area (Å²) in [4.78, 5) is 4.20. The Labute approximate surface area is 71.7 Å². The summed E-state index contributed by atoms with van der Waals surface area (Å²) in [6.45, 7) is 1.76. The number of pyridine rings is 1. The lowest BCUT2D eigenvalue weighted by molar-refractivity contribution is 0.190. The molecule has 0 atom stereocenters. The Hall–Kier alpha value is -0.930. The van der Waals surface area contributed by atoms with Crippen LogP contribution in [-0.2, 0) is 0 Å². The zero-order chi connectivity index (χ0) is 8.97. The molecule has 0 saturated heterocycles. The van der Waals surface area contributed by atoms with E-state index in [0.717, 1.165) is 11.4 Å². The van der Waals surface area contributed by atoms with Gasteiger partial charge in [0.15, 0.2) is 0 Å². The molecule has 0 aliphatic heterocycles. The Morgan fingerprint density at radius 2 is 2.00 bits per heavy atom. The predicted molar refractivity (Wildman–Crippen MR) is 45.9 cm³/mol. The second kappa shape index (κ2) is 4.18. The van der Waals surface area contributed by atoms with E-state index in [4.69, 9.17) is 10.2 Å². The third-order valence-corrected chi connectivity index (χ3v) is 1.77. The molecule has 0 radical (unpaired) electrons. The average molecular weight is 167 g/mol. The lowest BCUT2D eigenvalue weighted by Gasteiger charge is -2.09. The van der Waals surface area contributed by atoms with Crippen molar-refractivity contribution < 1.29 is 10.2 Å². The zero-order valence-corrected chi connectivity index (χ0v) is 7.07. The van der Waals surface area contributed by atoms with Crippen molar-refractivity contribution in [1.29, 1.82) is 0 Å². The molecule has 0 bridgehead atoms. The van der Waals surface area contributed by atoms with Crippen molar-refractivity contribution in [1.82, 2.24) is 4.98 Å². The van der Waals surface area contributed by atoms with Crippen molar-refractivity contribution >= 4 is 0 Å². The van der Waals surface area contributed by atoms with E-state index in [-0.39, 0.29) is 19.1 Å². The molecule has 0 spiro atoms. The summed E-state index contributed by atoms with van der Waals surface area (Å²) in [5.41, 5.74) is 1.65. The minimum atomic E-state index is -0.245. The van der Waals surface area contributed by atoms with E-state index in [9.17, 15) is 0 Å². The standard InChI is InChI=1S/C9H13NO2/c1-7-3-2-4-9(10-7)8(5-11)6-12/h2-4,8,11-12H,5-6H2,1H3. The van der Waals surface area contributed by atoms with Gasteiger partial charge in [0, 0.05) is 17.3 Å². The molecule has 1 aromatic rings. The van der Waals surface area contributed by atoms with Crippen molar-refractivity contribution in [3.8, 4) is 0 Å². The quantitative estimate of drug-likeness (QED) is 0.687. The molecule has 12 heavy (non-hydrogen) atoms. The van der Waals surface area contributed by atoms with E-state index in [0.29, 0.717) is 0 Å². The number of aliphatic hydroxyl groups excluding tert-OH is 2. The first-order valence-electron chi connectivity index (χ1n) is 3.93. The molecule has 0 aromatic carbocycles. The topological polar surface area (TPSA) is 53.4 Å². The monoisotopic (exact) mass is 167 g/mol. The van der Waals surface area contributed by atoms with Gasteiger partial charge in [0.25, 0.3) is 0 Å². The molecule has 2 N–H and O–H groups in total. The van der Waals surface area contributed by atoms with Crippen LogP contribution in [0.3, 0.4) is 0 Å². The van der Waals surface area contributed by atoms with Gasteiger partial charge in [-0.1, -0.05) is 6.07 Å². The highest BCUT2D eigenvalue weighted by molar-refractivity contribution is 5.14. The maximum Gasteiger partial charge on any atom is 0.0537 e. The Morgan fingerprint density at radius 3 is 2.50 bits per heavy atom. The molecule has 1 rings (SSSR count). The van der Waals surface area contributed by atoms with Crippen LogP contribution < -0.4 is 0 Å². The summed E-state index contributed by atoms with van der Waals surface area (Å²) in [7, 11) is 0. The Balaban J connectivity index is 2.85. The van der Waals surface area contributed by atoms with E-state index in [1.807, 2.05) is 25.1 Å². The smallest absolute Gasteiger partial charge is 0.0537 e. The number of hydrogen-bond acceptors (Lipinski definition) is 3. The van der Waals surface area contributed by atoms with Gasteiger partial charge in [-0.2, -0.15) is 0 Å². The molecule has 3 nitrogen and oxygen atoms in total. The van der Waals surface area contributed by atoms with Crippen LogP contribution in [0.2, 0.25) is 0 Å². The summed E-state index contributed by atoms with van der Waals surface area (Å²) in [5.74, 6) is -0.245. The van der Waals surface area contributed by atoms with Crippen LogP contribution in [0.15, 0.2) is 18.2 Å². The van der Waals surface area contributed by atoms with Crippen molar-refractivity contribution in [3.05, 3.63) is 29.6 Å². The maximum atomic E-state index is 8.87. The lowest BCUT2D eigenvalue weighted by atomic mass is 10.1. The van der Waals surface area contributed by atoms with Crippen LogP contribution >= 0.6 is 0 Å². The van der Waals surface area contributed by atoms with Crippen molar-refractivity contribution in [2.75, 3.05) is 13.2 Å². The fraction of sp³-hybridized carbons (Fsp3) is 0.444. The van der Waals surface area contributed by atoms with Gasteiger partial charge in [0.05, 0.1) is 13.2 Å². The molecule has 0 aliphatic carbocycles. The molecule has 0 aliphatic rings.